The lowest BCUT2D eigenvalue weighted by molar-refractivity contribution is -0.320. The molecule has 0 spiro atoms. The van der Waals surface area contributed by atoms with E-state index in [9.17, 15) is 39.9 Å². The van der Waals surface area contributed by atoms with Crippen LogP contribution in [0, 0.1) is 17.8 Å². The van der Waals surface area contributed by atoms with Gasteiger partial charge in [0.2, 0.25) is 5.43 Å². The summed E-state index contributed by atoms with van der Waals surface area (Å²) in [5, 5.41) is 58.2. The first-order chi connectivity index (χ1) is 35.6. The van der Waals surface area contributed by atoms with Crippen LogP contribution >= 0.6 is 0 Å². The number of rotatable bonds is 18. The van der Waals surface area contributed by atoms with Crippen molar-refractivity contribution >= 4 is 22.8 Å². The molecule has 0 unspecified atom stereocenters. The smallest absolute Gasteiger partial charge is 0.341 e. The van der Waals surface area contributed by atoms with E-state index in [0.29, 0.717) is 57.4 Å². The number of carbonyl (C=O) groups excluding carboxylic acids is 1. The lowest BCUT2D eigenvalue weighted by Gasteiger charge is -2.49. The van der Waals surface area contributed by atoms with Gasteiger partial charge < -0.3 is 77.8 Å². The number of pyridine rings is 1. The van der Waals surface area contributed by atoms with Crippen molar-refractivity contribution in [3.05, 3.63) is 45.7 Å². The van der Waals surface area contributed by atoms with E-state index in [1.165, 1.54) is 13.1 Å². The third kappa shape index (κ3) is 14.4. The number of aromatic carboxylic acids is 1. The second-order valence-corrected chi connectivity index (χ2v) is 23.7. The number of likely N-dealkylation sites (N-methyl/N-ethyl adjacent to an activating group) is 2. The number of carboxylic acids is 1. The molecule has 5 N–H and O–H groups in total. The maximum atomic E-state index is 14.6. The summed E-state index contributed by atoms with van der Waals surface area (Å²) in [6, 6.07) is 5.06. The normalized spacial score (nSPS) is 38.7. The number of aromatic nitrogens is 1. The first kappa shape index (κ1) is 62.1. The molecule has 4 fully saturated rings. The molecule has 1 aliphatic carbocycles. The summed E-state index contributed by atoms with van der Waals surface area (Å²) in [5.74, 6) is -3.92. The summed E-state index contributed by atoms with van der Waals surface area (Å²) in [4.78, 5) is 43.4. The molecular formula is C57H93N3O16. The van der Waals surface area contributed by atoms with Gasteiger partial charge in [-0.1, -0.05) is 26.8 Å². The molecule has 3 aliphatic heterocycles. The molecular weight excluding hydrogens is 983 g/mol. The molecule has 19 nitrogen and oxygen atoms in total. The van der Waals surface area contributed by atoms with Gasteiger partial charge in [0, 0.05) is 75.5 Å². The van der Waals surface area contributed by atoms with E-state index in [2.05, 4.69) is 0 Å². The molecule has 0 bridgehead atoms. The number of aliphatic hydroxyl groups excluding tert-OH is 2. The number of ether oxygens (including phenoxy) is 8. The Morgan fingerprint density at radius 2 is 1.61 bits per heavy atom. The summed E-state index contributed by atoms with van der Waals surface area (Å²) in [6.07, 6.45) is -2.57. The van der Waals surface area contributed by atoms with Crippen LogP contribution in [0.25, 0.3) is 10.9 Å². The van der Waals surface area contributed by atoms with E-state index in [1.807, 2.05) is 88.3 Å². The minimum Gasteiger partial charge on any atom is -0.477 e. The van der Waals surface area contributed by atoms with Gasteiger partial charge >= 0.3 is 11.9 Å². The van der Waals surface area contributed by atoms with E-state index in [4.69, 9.17) is 37.9 Å². The van der Waals surface area contributed by atoms with Crippen LogP contribution in [0.3, 0.4) is 0 Å². The van der Waals surface area contributed by atoms with Crippen LogP contribution in [0.15, 0.2) is 29.2 Å². The van der Waals surface area contributed by atoms with Crippen LogP contribution in [0.1, 0.15) is 143 Å². The van der Waals surface area contributed by atoms with Gasteiger partial charge in [-0.2, -0.15) is 0 Å². The third-order valence-electron chi connectivity index (χ3n) is 16.9. The average Bonchev–Trinajstić information content (AvgIpc) is 4.20. The largest absolute Gasteiger partial charge is 0.477 e. The Morgan fingerprint density at radius 1 is 0.921 bits per heavy atom. The molecule has 1 saturated carbocycles. The number of carbonyl (C=O) groups is 2. The Bertz CT molecular complexity index is 2290. The van der Waals surface area contributed by atoms with E-state index in [0.717, 1.165) is 23.9 Å². The van der Waals surface area contributed by atoms with Crippen molar-refractivity contribution in [1.29, 1.82) is 0 Å². The quantitative estimate of drug-likeness (QED) is 0.0939. The number of methoxy groups -OCH3 is 1. The summed E-state index contributed by atoms with van der Waals surface area (Å²) >= 11 is 0. The highest BCUT2D eigenvalue weighted by molar-refractivity contribution is 5.92. The van der Waals surface area contributed by atoms with Crippen molar-refractivity contribution in [1.82, 2.24) is 14.4 Å². The number of benzene rings is 1. The highest BCUT2D eigenvalue weighted by Crippen LogP contribution is 2.41. The van der Waals surface area contributed by atoms with Crippen molar-refractivity contribution in [2.75, 3.05) is 54.6 Å². The van der Waals surface area contributed by atoms with Crippen molar-refractivity contribution in [2.45, 2.75) is 223 Å². The van der Waals surface area contributed by atoms with Crippen molar-refractivity contribution in [3.63, 3.8) is 0 Å². The third-order valence-corrected chi connectivity index (χ3v) is 16.9. The fourth-order valence-corrected chi connectivity index (χ4v) is 12.3. The second-order valence-electron chi connectivity index (χ2n) is 23.7. The van der Waals surface area contributed by atoms with Gasteiger partial charge in [-0.25, -0.2) is 4.79 Å². The van der Waals surface area contributed by atoms with Gasteiger partial charge in [-0.05, 0) is 145 Å². The zero-order valence-electron chi connectivity index (χ0n) is 47.8. The van der Waals surface area contributed by atoms with E-state index in [1.54, 1.807) is 34.8 Å². The van der Waals surface area contributed by atoms with Crippen LogP contribution in [0.2, 0.25) is 0 Å². The molecule has 432 valence electrons. The molecule has 1 aromatic heterocycles. The van der Waals surface area contributed by atoms with E-state index < -0.39 is 107 Å². The molecule has 0 amide bonds. The predicted octanol–water partition coefficient (Wildman–Crippen LogP) is 5.31. The first-order valence-corrected chi connectivity index (χ1v) is 27.8. The number of cyclic esters (lactones) is 1. The Kier molecular flexibility index (Phi) is 21.2. The first-order valence-electron chi connectivity index (χ1n) is 27.8. The minimum atomic E-state index is -1.84. The van der Waals surface area contributed by atoms with Gasteiger partial charge in [-0.3, -0.25) is 9.59 Å². The van der Waals surface area contributed by atoms with E-state index >= 15 is 0 Å². The lowest BCUT2D eigenvalue weighted by Crippen LogP contribution is -2.61. The van der Waals surface area contributed by atoms with Gasteiger partial charge in [0.15, 0.2) is 12.6 Å². The lowest BCUT2D eigenvalue weighted by atomic mass is 9.77. The summed E-state index contributed by atoms with van der Waals surface area (Å²) in [7, 11) is 7.22. The minimum absolute atomic E-state index is 0.173. The van der Waals surface area contributed by atoms with Crippen LogP contribution in [-0.2, 0) is 49.1 Å². The SMILES string of the molecule is CC[C@H]1OC(=O)[C@H](C)[C@@H](O[C@H]2C[C@@](C)(OC)[C@@H](OCCCOCCCc3ccc4c(c3)c(=O)c(C(=O)O)cn4C3CC3)[C@H](C)O2)[C@H](C)[C@@H](O[C@@H]2O[C@H](C)C[C@H](N(C)C)[C@H]2O)[C@](C)(O)C[C@@H](C)CN(C)[C@H](C)[C@@H](O)[C@]1(C)O. The number of aryl methyl sites for hydroxylation is 1. The van der Waals surface area contributed by atoms with E-state index in [-0.39, 0.29) is 48.9 Å². The fourth-order valence-electron chi connectivity index (χ4n) is 12.3. The zero-order chi connectivity index (χ0) is 56.2. The zero-order valence-corrected chi connectivity index (χ0v) is 47.8. The van der Waals surface area contributed by atoms with Crippen LogP contribution < -0.4 is 5.43 Å². The summed E-state index contributed by atoms with van der Waals surface area (Å²) in [5.41, 5.74) is -3.35. The molecule has 19 heteroatoms. The Morgan fingerprint density at radius 3 is 2.24 bits per heavy atom. The highest BCUT2D eigenvalue weighted by atomic mass is 16.7. The number of hydrogen-bond donors (Lipinski definition) is 5. The maximum Gasteiger partial charge on any atom is 0.341 e. The monoisotopic (exact) mass is 1080 g/mol. The standard InChI is InChI=1S/C57H93N3O16/c1-15-44-57(10,68)49(63)36(6)59(13)30-32(2)28-55(8,67)50(76-54-47(62)43(58(11)12)26-33(3)72-54)34(4)48(35(5)53(66)74-44)75-45-29-56(9,69-14)51(37(7)73-45)71-25-17-24-70-23-16-18-38-19-22-42-40(27-38)46(61)41(52(64)65)31-60(42)39-20-21-39/h19,22,27,31-37,39,43-45,47-51,54,62-63,67-68H,15-18,20-21,23-26,28-30H2,1-14H3,(H,64,65)/t32-,33-,34+,35-,36-,37+,43+,44-,45+,47-,48+,49-,50-,51+,54+,55-,56-,57-/m1/s1. The Hall–Kier alpha value is -3.15. The van der Waals surface area contributed by atoms with Gasteiger partial charge in [-0.15, -0.1) is 0 Å². The number of esters is 1. The molecule has 1 aromatic carbocycles. The van der Waals surface area contributed by atoms with Crippen molar-refractivity contribution < 1.29 is 73.0 Å². The fraction of sp³-hybridized carbons (Fsp3) is 0.807. The molecule has 4 aliphatic rings. The number of carboxylic acid groups (broad SMARTS) is 1. The number of nitrogens with zero attached hydrogens (tertiary/aromatic N) is 3. The predicted molar refractivity (Wildman–Crippen MR) is 285 cm³/mol. The average molecular weight is 1080 g/mol. The number of hydrogen-bond acceptors (Lipinski definition) is 17. The Balaban J connectivity index is 1.15. The topological polar surface area (TPSA) is 238 Å². The summed E-state index contributed by atoms with van der Waals surface area (Å²) < 4.78 is 53.5. The van der Waals surface area contributed by atoms with Crippen LogP contribution in [0.5, 0.6) is 0 Å². The summed E-state index contributed by atoms with van der Waals surface area (Å²) in [6.45, 7) is 19.7. The molecule has 3 saturated heterocycles. The number of fused-ring (bicyclic) bond motifs is 1. The van der Waals surface area contributed by atoms with Gasteiger partial charge in [0.25, 0.3) is 0 Å². The van der Waals surface area contributed by atoms with Crippen LogP contribution in [-0.4, -0.2) is 197 Å². The molecule has 18 atom stereocenters. The highest BCUT2D eigenvalue weighted by Gasteiger charge is 2.53. The molecule has 0 radical (unpaired) electrons. The molecule has 2 aromatic rings. The molecule has 4 heterocycles. The molecule has 76 heavy (non-hydrogen) atoms. The van der Waals surface area contributed by atoms with Crippen molar-refractivity contribution in [2.24, 2.45) is 17.8 Å². The van der Waals surface area contributed by atoms with Crippen molar-refractivity contribution in [3.8, 4) is 0 Å². The second kappa shape index (κ2) is 26.0. The molecule has 6 rings (SSSR count). The van der Waals surface area contributed by atoms with Gasteiger partial charge in [0.05, 0.1) is 47.1 Å². The van der Waals surface area contributed by atoms with Gasteiger partial charge in [0.1, 0.15) is 35.6 Å². The number of aliphatic hydroxyl groups is 4. The van der Waals surface area contributed by atoms with Crippen LogP contribution in [0.4, 0.5) is 0 Å². The Labute approximate surface area is 450 Å². The maximum absolute atomic E-state index is 14.6.